The summed E-state index contributed by atoms with van der Waals surface area (Å²) in [6.45, 7) is 7.90. The van der Waals surface area contributed by atoms with Gasteiger partial charge in [0, 0.05) is 43.8 Å². The van der Waals surface area contributed by atoms with E-state index in [0.29, 0.717) is 0 Å². The SMILES string of the molecule is Cc1cc(NCCN2CCOCC2)ccn1. The molecule has 88 valence electrons. The zero-order chi connectivity index (χ0) is 11.2. The van der Waals surface area contributed by atoms with Gasteiger partial charge in [0.15, 0.2) is 0 Å². The normalized spacial score (nSPS) is 17.3. The topological polar surface area (TPSA) is 37.4 Å². The van der Waals surface area contributed by atoms with Crippen LogP contribution in [0.1, 0.15) is 5.69 Å². The first-order valence-corrected chi connectivity index (χ1v) is 5.81. The lowest BCUT2D eigenvalue weighted by Crippen LogP contribution is -2.39. The maximum absolute atomic E-state index is 5.31. The molecule has 0 saturated carbocycles. The Morgan fingerprint density at radius 1 is 1.44 bits per heavy atom. The lowest BCUT2D eigenvalue weighted by atomic mass is 10.3. The maximum atomic E-state index is 5.31. The van der Waals surface area contributed by atoms with E-state index in [-0.39, 0.29) is 0 Å². The minimum atomic E-state index is 0.869. The van der Waals surface area contributed by atoms with Crippen molar-refractivity contribution in [2.75, 3.05) is 44.7 Å². The zero-order valence-corrected chi connectivity index (χ0v) is 9.78. The Hall–Kier alpha value is -1.13. The lowest BCUT2D eigenvalue weighted by molar-refractivity contribution is 0.0398. The molecule has 0 atom stereocenters. The van der Waals surface area contributed by atoms with Crippen molar-refractivity contribution in [3.05, 3.63) is 24.0 Å². The van der Waals surface area contributed by atoms with Crippen LogP contribution in [-0.4, -0.2) is 49.3 Å². The van der Waals surface area contributed by atoms with Gasteiger partial charge in [0.1, 0.15) is 0 Å². The molecule has 1 N–H and O–H groups in total. The van der Waals surface area contributed by atoms with E-state index in [1.54, 1.807) is 0 Å². The molecule has 4 nitrogen and oxygen atoms in total. The van der Waals surface area contributed by atoms with Crippen molar-refractivity contribution in [1.29, 1.82) is 0 Å². The molecule has 0 spiro atoms. The van der Waals surface area contributed by atoms with Crippen LogP contribution in [0.2, 0.25) is 0 Å². The fourth-order valence-corrected chi connectivity index (χ4v) is 1.84. The number of nitrogens with one attached hydrogen (secondary N) is 1. The Labute approximate surface area is 96.6 Å². The monoisotopic (exact) mass is 221 g/mol. The van der Waals surface area contributed by atoms with Crippen LogP contribution in [0, 0.1) is 6.92 Å². The van der Waals surface area contributed by atoms with Gasteiger partial charge in [0.2, 0.25) is 0 Å². The van der Waals surface area contributed by atoms with Crippen molar-refractivity contribution in [3.63, 3.8) is 0 Å². The standard InChI is InChI=1S/C12H19N3O/c1-11-10-12(2-3-13-11)14-4-5-15-6-8-16-9-7-15/h2-3,10H,4-9H2,1H3,(H,13,14). The second-order valence-electron chi connectivity index (χ2n) is 4.07. The van der Waals surface area contributed by atoms with E-state index < -0.39 is 0 Å². The van der Waals surface area contributed by atoms with Crippen LogP contribution < -0.4 is 5.32 Å². The van der Waals surface area contributed by atoms with Crippen molar-refractivity contribution in [2.24, 2.45) is 0 Å². The Kier molecular flexibility index (Phi) is 4.13. The predicted molar refractivity (Wildman–Crippen MR) is 64.7 cm³/mol. The molecule has 16 heavy (non-hydrogen) atoms. The van der Waals surface area contributed by atoms with E-state index in [1.807, 2.05) is 19.2 Å². The molecule has 1 aliphatic rings. The van der Waals surface area contributed by atoms with Gasteiger partial charge in [0.05, 0.1) is 13.2 Å². The quantitative estimate of drug-likeness (QED) is 0.827. The van der Waals surface area contributed by atoms with Crippen LogP contribution in [0.3, 0.4) is 0 Å². The third-order valence-corrected chi connectivity index (χ3v) is 2.76. The average Bonchev–Trinajstić information content (AvgIpc) is 2.30. The minimum absolute atomic E-state index is 0.869. The van der Waals surface area contributed by atoms with Gasteiger partial charge in [-0.3, -0.25) is 9.88 Å². The summed E-state index contributed by atoms with van der Waals surface area (Å²) >= 11 is 0. The molecule has 0 radical (unpaired) electrons. The van der Waals surface area contributed by atoms with E-state index in [0.717, 1.165) is 50.8 Å². The number of nitrogens with zero attached hydrogens (tertiary/aromatic N) is 2. The molecule has 0 aliphatic carbocycles. The number of anilines is 1. The summed E-state index contributed by atoms with van der Waals surface area (Å²) in [5, 5.41) is 3.41. The van der Waals surface area contributed by atoms with Crippen LogP contribution in [0.25, 0.3) is 0 Å². The fourth-order valence-electron chi connectivity index (χ4n) is 1.84. The van der Waals surface area contributed by atoms with Crippen molar-refractivity contribution in [1.82, 2.24) is 9.88 Å². The zero-order valence-electron chi connectivity index (χ0n) is 9.78. The summed E-state index contributed by atoms with van der Waals surface area (Å²) in [7, 11) is 0. The van der Waals surface area contributed by atoms with Crippen LogP contribution >= 0.6 is 0 Å². The largest absolute Gasteiger partial charge is 0.384 e. The summed E-state index contributed by atoms with van der Waals surface area (Å²) in [5.74, 6) is 0. The van der Waals surface area contributed by atoms with Crippen LogP contribution in [0.5, 0.6) is 0 Å². The molecule has 1 fully saturated rings. The molecular weight excluding hydrogens is 202 g/mol. The van der Waals surface area contributed by atoms with Crippen molar-refractivity contribution < 1.29 is 4.74 Å². The van der Waals surface area contributed by atoms with Gasteiger partial charge in [-0.1, -0.05) is 0 Å². The number of pyridine rings is 1. The number of morpholine rings is 1. The van der Waals surface area contributed by atoms with E-state index in [2.05, 4.69) is 21.3 Å². The number of rotatable bonds is 4. The highest BCUT2D eigenvalue weighted by Gasteiger charge is 2.08. The Morgan fingerprint density at radius 3 is 3.00 bits per heavy atom. The van der Waals surface area contributed by atoms with Gasteiger partial charge < -0.3 is 10.1 Å². The van der Waals surface area contributed by atoms with Gasteiger partial charge in [-0.2, -0.15) is 0 Å². The molecule has 1 aliphatic heterocycles. The van der Waals surface area contributed by atoms with Crippen LogP contribution in [0.4, 0.5) is 5.69 Å². The third-order valence-electron chi connectivity index (χ3n) is 2.76. The molecule has 2 rings (SSSR count). The molecule has 2 heterocycles. The van der Waals surface area contributed by atoms with Crippen molar-refractivity contribution >= 4 is 5.69 Å². The Morgan fingerprint density at radius 2 is 2.25 bits per heavy atom. The van der Waals surface area contributed by atoms with E-state index in [1.165, 1.54) is 0 Å². The molecule has 1 aromatic heterocycles. The number of aryl methyl sites for hydroxylation is 1. The molecule has 0 bridgehead atoms. The molecule has 4 heteroatoms. The first-order chi connectivity index (χ1) is 7.84. The van der Waals surface area contributed by atoms with Gasteiger partial charge in [0.25, 0.3) is 0 Å². The van der Waals surface area contributed by atoms with Gasteiger partial charge >= 0.3 is 0 Å². The average molecular weight is 221 g/mol. The third kappa shape index (κ3) is 3.47. The van der Waals surface area contributed by atoms with Crippen molar-refractivity contribution in [2.45, 2.75) is 6.92 Å². The summed E-state index contributed by atoms with van der Waals surface area (Å²) in [4.78, 5) is 6.59. The highest BCUT2D eigenvalue weighted by Crippen LogP contribution is 2.06. The van der Waals surface area contributed by atoms with E-state index >= 15 is 0 Å². The molecule has 0 amide bonds. The van der Waals surface area contributed by atoms with Gasteiger partial charge in [-0.05, 0) is 19.1 Å². The molecular formula is C12H19N3O. The minimum Gasteiger partial charge on any atom is -0.384 e. The van der Waals surface area contributed by atoms with E-state index in [9.17, 15) is 0 Å². The van der Waals surface area contributed by atoms with Crippen molar-refractivity contribution in [3.8, 4) is 0 Å². The highest BCUT2D eigenvalue weighted by atomic mass is 16.5. The number of hydrogen-bond acceptors (Lipinski definition) is 4. The first kappa shape index (κ1) is 11.4. The summed E-state index contributed by atoms with van der Waals surface area (Å²) in [5.41, 5.74) is 2.21. The number of hydrogen-bond donors (Lipinski definition) is 1. The summed E-state index contributed by atoms with van der Waals surface area (Å²) in [6, 6.07) is 4.08. The molecule has 0 unspecified atom stereocenters. The van der Waals surface area contributed by atoms with E-state index in [4.69, 9.17) is 4.74 Å². The second-order valence-corrected chi connectivity index (χ2v) is 4.07. The van der Waals surface area contributed by atoms with Gasteiger partial charge in [-0.15, -0.1) is 0 Å². The summed E-state index contributed by atoms with van der Waals surface area (Å²) in [6.07, 6.45) is 1.84. The lowest BCUT2D eigenvalue weighted by Gasteiger charge is -2.26. The number of ether oxygens (including phenoxy) is 1. The smallest absolute Gasteiger partial charge is 0.0594 e. The van der Waals surface area contributed by atoms with Crippen LogP contribution in [0.15, 0.2) is 18.3 Å². The fraction of sp³-hybridized carbons (Fsp3) is 0.583. The molecule has 1 aromatic rings. The van der Waals surface area contributed by atoms with Gasteiger partial charge in [-0.25, -0.2) is 0 Å². The molecule has 0 aromatic carbocycles. The Bertz CT molecular complexity index is 324. The summed E-state index contributed by atoms with van der Waals surface area (Å²) < 4.78 is 5.31. The maximum Gasteiger partial charge on any atom is 0.0594 e. The second kappa shape index (κ2) is 5.82. The predicted octanol–water partition coefficient (Wildman–Crippen LogP) is 1.13. The highest BCUT2D eigenvalue weighted by molar-refractivity contribution is 5.42. The Balaban J connectivity index is 1.71. The van der Waals surface area contributed by atoms with Crippen LogP contribution in [-0.2, 0) is 4.74 Å². The number of aromatic nitrogens is 1. The first-order valence-electron chi connectivity index (χ1n) is 5.81. The molecule has 1 saturated heterocycles.